The normalized spacial score (nSPS) is 40.1. The number of Topliss-reactive ketones (excluding diaryl/α,β-unsaturated/α-hetero) is 3. The lowest BCUT2D eigenvalue weighted by atomic mass is 9.52. The summed E-state index contributed by atoms with van der Waals surface area (Å²) in [4.78, 5) is 57.3. The monoisotopic (exact) mass is 682 g/mol. The van der Waals surface area contributed by atoms with Crippen molar-refractivity contribution in [2.24, 2.45) is 40.9 Å². The quantitative estimate of drug-likeness (QED) is 0.234. The molecule has 1 fully saturated rings. The molecule has 2 bridgehead atoms. The molecule has 0 aromatic heterocycles. The topological polar surface area (TPSA) is 127 Å². The van der Waals surface area contributed by atoms with Crippen LogP contribution in [-0.4, -0.2) is 64.6 Å². The smallest absolute Gasteiger partial charge is 0.313 e. The maximum absolute atomic E-state index is 14.7. The van der Waals surface area contributed by atoms with Gasteiger partial charge in [-0.25, -0.2) is 0 Å². The van der Waals surface area contributed by atoms with E-state index in [4.69, 9.17) is 9.47 Å². The van der Waals surface area contributed by atoms with Crippen molar-refractivity contribution in [2.75, 3.05) is 7.11 Å². The number of esters is 1. The Morgan fingerprint density at radius 1 is 1.00 bits per heavy atom. The zero-order valence-corrected chi connectivity index (χ0v) is 31.5. The summed E-state index contributed by atoms with van der Waals surface area (Å²) in [6.07, 6.45) is 6.46. The van der Waals surface area contributed by atoms with E-state index in [0.29, 0.717) is 31.3 Å². The van der Waals surface area contributed by atoms with Crippen LogP contribution in [0.3, 0.4) is 0 Å². The number of allylic oxidation sites excluding steroid dienone is 3. The van der Waals surface area contributed by atoms with E-state index < -0.39 is 46.9 Å². The molecule has 4 aliphatic rings. The number of ketones is 3. The van der Waals surface area contributed by atoms with Gasteiger partial charge in [0.05, 0.1) is 36.4 Å². The van der Waals surface area contributed by atoms with Crippen LogP contribution in [0.15, 0.2) is 34.4 Å². The van der Waals surface area contributed by atoms with Crippen molar-refractivity contribution in [1.29, 1.82) is 0 Å². The fraction of sp³-hybridized carbons (Fsp3) is 0.756. The van der Waals surface area contributed by atoms with Gasteiger partial charge in [0.25, 0.3) is 0 Å². The minimum atomic E-state index is -1.64. The molecule has 2 aliphatic heterocycles. The number of hydrogen-bond donors (Lipinski definition) is 2. The Hall–Kier alpha value is -2.42. The van der Waals surface area contributed by atoms with Crippen molar-refractivity contribution < 1.29 is 38.9 Å². The average molecular weight is 683 g/mol. The van der Waals surface area contributed by atoms with Gasteiger partial charge in [-0.1, -0.05) is 63.8 Å². The first-order valence-corrected chi connectivity index (χ1v) is 18.7. The molecule has 0 saturated heterocycles. The molecule has 4 rings (SSSR count). The molecule has 274 valence electrons. The first-order valence-electron chi connectivity index (χ1n) is 18.7. The van der Waals surface area contributed by atoms with E-state index in [9.17, 15) is 29.4 Å². The predicted molar refractivity (Wildman–Crippen MR) is 189 cm³/mol. The molecule has 0 radical (unpaired) electrons. The summed E-state index contributed by atoms with van der Waals surface area (Å²) in [7, 11) is 1.30. The number of aliphatic hydroxyl groups is 2. The Bertz CT molecular complexity index is 1370. The Morgan fingerprint density at radius 3 is 2.35 bits per heavy atom. The van der Waals surface area contributed by atoms with E-state index in [0.717, 1.165) is 29.6 Å². The summed E-state index contributed by atoms with van der Waals surface area (Å²) in [6.45, 7) is 15.4. The molecule has 0 spiro atoms. The lowest BCUT2D eigenvalue weighted by molar-refractivity contribution is -0.167. The molecule has 2 aliphatic carbocycles. The summed E-state index contributed by atoms with van der Waals surface area (Å²) in [5.74, 6) is -3.55. The van der Waals surface area contributed by atoms with Crippen molar-refractivity contribution in [1.82, 2.24) is 0 Å². The van der Waals surface area contributed by atoms with Crippen molar-refractivity contribution in [3.63, 3.8) is 0 Å². The van der Waals surface area contributed by atoms with Crippen LogP contribution >= 0.6 is 0 Å². The van der Waals surface area contributed by atoms with Crippen molar-refractivity contribution >= 4 is 23.3 Å². The lowest BCUT2D eigenvalue weighted by Crippen LogP contribution is -2.55. The highest BCUT2D eigenvalue weighted by Gasteiger charge is 2.60. The molecule has 2 N–H and O–H groups in total. The first-order chi connectivity index (χ1) is 22.9. The van der Waals surface area contributed by atoms with Crippen LogP contribution in [0.2, 0.25) is 0 Å². The van der Waals surface area contributed by atoms with Crippen LogP contribution in [0.1, 0.15) is 126 Å². The van der Waals surface area contributed by atoms with Crippen LogP contribution in [0.4, 0.5) is 0 Å². The molecule has 2 heterocycles. The SMILES string of the molecule is COC(=O)[C@]12CC(=O)[C@H](C(C)C)CC(=O)[C@H](C)CCC[C@H](C)CC(=O)[C@H]1CC(C)=C1[C@H](O)C[C@](C)(O)[C@H]3CC=C(C)[C@H](CC/C(C)=C/[C@@H]12)O3. The van der Waals surface area contributed by atoms with Gasteiger partial charge in [0.1, 0.15) is 17.3 Å². The number of carbonyl (C=O) groups excluding carboxylic acids is 4. The Balaban J connectivity index is 1.98. The highest BCUT2D eigenvalue weighted by atomic mass is 16.5. The number of hydrogen-bond acceptors (Lipinski definition) is 8. The summed E-state index contributed by atoms with van der Waals surface area (Å²) >= 11 is 0. The van der Waals surface area contributed by atoms with Gasteiger partial charge < -0.3 is 19.7 Å². The van der Waals surface area contributed by atoms with Crippen LogP contribution in [0.5, 0.6) is 0 Å². The van der Waals surface area contributed by atoms with Crippen LogP contribution in [0, 0.1) is 40.9 Å². The summed E-state index contributed by atoms with van der Waals surface area (Å²) in [6, 6.07) is 0. The number of ether oxygens (including phenoxy) is 2. The van der Waals surface area contributed by atoms with Gasteiger partial charge in [0.2, 0.25) is 0 Å². The molecular formula is C41H62O8. The molecule has 0 unspecified atom stereocenters. The van der Waals surface area contributed by atoms with Crippen LogP contribution in [-0.2, 0) is 28.7 Å². The summed E-state index contributed by atoms with van der Waals surface area (Å²) in [5, 5.41) is 24.0. The molecule has 0 aromatic carbocycles. The van der Waals surface area contributed by atoms with Crippen molar-refractivity contribution in [2.45, 2.75) is 150 Å². The van der Waals surface area contributed by atoms with Gasteiger partial charge in [0, 0.05) is 49.4 Å². The second-order valence-corrected chi connectivity index (χ2v) is 16.7. The van der Waals surface area contributed by atoms with E-state index >= 15 is 0 Å². The Morgan fingerprint density at radius 2 is 1.69 bits per heavy atom. The third-order valence-corrected chi connectivity index (χ3v) is 12.4. The third-order valence-electron chi connectivity index (χ3n) is 12.4. The average Bonchev–Trinajstić information content (AvgIpc) is 3.02. The maximum atomic E-state index is 14.7. The van der Waals surface area contributed by atoms with E-state index in [2.05, 4.69) is 6.08 Å². The van der Waals surface area contributed by atoms with E-state index in [1.807, 2.05) is 54.5 Å². The number of fused-ring (bicyclic) bond motifs is 5. The van der Waals surface area contributed by atoms with Gasteiger partial charge in [-0.2, -0.15) is 0 Å². The maximum Gasteiger partial charge on any atom is 0.313 e. The predicted octanol–water partition coefficient (Wildman–Crippen LogP) is 7.05. The standard InChI is InChI=1S/C41H62O8/c1-23(2)29-20-32(42)26(5)12-10-11-24(3)18-33(43)30-19-28(7)38-31(41(30,22-34(29)44)39(46)48-9)17-25(4)13-15-36-27(6)14-16-37(49-36)40(8,47)21-35(38)45/h14,17,23-24,26,29-31,35-37,45,47H,10-13,15-16,18-22H2,1-9H3/b25-17+/t24-,26+,29-,30+,31-,35+,36-,37+,40-,41+/m0/s1. The Labute approximate surface area is 294 Å². The van der Waals surface area contributed by atoms with Gasteiger partial charge in [0.15, 0.2) is 0 Å². The van der Waals surface area contributed by atoms with Gasteiger partial charge >= 0.3 is 5.97 Å². The minimum Gasteiger partial charge on any atom is -0.469 e. The molecule has 10 atom stereocenters. The van der Waals surface area contributed by atoms with Crippen LogP contribution < -0.4 is 0 Å². The minimum absolute atomic E-state index is 0.0304. The largest absolute Gasteiger partial charge is 0.469 e. The van der Waals surface area contributed by atoms with Gasteiger partial charge in [-0.15, -0.1) is 0 Å². The van der Waals surface area contributed by atoms with E-state index in [-0.39, 0.29) is 73.3 Å². The molecular weight excluding hydrogens is 620 g/mol. The zero-order valence-electron chi connectivity index (χ0n) is 31.5. The number of aliphatic hydroxyl groups excluding tert-OH is 1. The van der Waals surface area contributed by atoms with E-state index in [1.165, 1.54) is 7.11 Å². The Kier molecular flexibility index (Phi) is 12.7. The van der Waals surface area contributed by atoms with Crippen molar-refractivity contribution in [3.05, 3.63) is 34.4 Å². The lowest BCUT2D eigenvalue weighted by Gasteiger charge is -2.50. The second kappa shape index (κ2) is 15.9. The third kappa shape index (κ3) is 8.39. The number of methoxy groups -OCH3 is 1. The van der Waals surface area contributed by atoms with Crippen LogP contribution in [0.25, 0.3) is 0 Å². The van der Waals surface area contributed by atoms with Gasteiger partial charge in [-0.05, 0) is 82.8 Å². The number of carbonyl (C=O) groups is 4. The number of rotatable bonds is 2. The second-order valence-electron chi connectivity index (χ2n) is 16.7. The fourth-order valence-electron chi connectivity index (χ4n) is 9.18. The highest BCUT2D eigenvalue weighted by molar-refractivity contribution is 5.97. The van der Waals surface area contributed by atoms with Gasteiger partial charge in [-0.3, -0.25) is 19.2 Å². The van der Waals surface area contributed by atoms with Crippen molar-refractivity contribution in [3.8, 4) is 0 Å². The molecule has 8 nitrogen and oxygen atoms in total. The molecule has 1 saturated carbocycles. The van der Waals surface area contributed by atoms with E-state index in [1.54, 1.807) is 6.92 Å². The molecule has 0 aromatic rings. The first kappa shape index (κ1) is 39.4. The highest BCUT2D eigenvalue weighted by Crippen LogP contribution is 2.55. The molecule has 8 heteroatoms. The summed E-state index contributed by atoms with van der Waals surface area (Å²) < 4.78 is 12.0. The zero-order chi connectivity index (χ0) is 36.4. The fourth-order valence-corrected chi connectivity index (χ4v) is 9.18. The molecule has 0 amide bonds. The summed E-state index contributed by atoms with van der Waals surface area (Å²) in [5.41, 5.74) is 0.359. The molecule has 49 heavy (non-hydrogen) atoms.